The minimum atomic E-state index is -0.446. The normalized spacial score (nSPS) is 12.2. The van der Waals surface area contributed by atoms with E-state index in [1.807, 2.05) is 0 Å². The van der Waals surface area contributed by atoms with E-state index in [4.69, 9.17) is 5.11 Å². The van der Waals surface area contributed by atoms with Gasteiger partial charge in [0.2, 0.25) is 5.82 Å². The summed E-state index contributed by atoms with van der Waals surface area (Å²) in [6.07, 6.45) is 1.53. The lowest BCUT2D eigenvalue weighted by molar-refractivity contribution is -0.384. The molecule has 1 heterocycles. The molecule has 0 fully saturated rings. The Labute approximate surface area is 93.7 Å². The van der Waals surface area contributed by atoms with Crippen molar-refractivity contribution in [3.63, 3.8) is 0 Å². The Balaban J connectivity index is 3.22. The molecule has 0 amide bonds. The summed E-state index contributed by atoms with van der Waals surface area (Å²) >= 11 is 0. The first kappa shape index (κ1) is 12.4. The summed E-state index contributed by atoms with van der Waals surface area (Å²) in [6.45, 7) is 3.36. The van der Waals surface area contributed by atoms with Crippen molar-refractivity contribution in [2.45, 2.75) is 19.9 Å². The Bertz CT molecular complexity index is 395. The highest BCUT2D eigenvalue weighted by molar-refractivity contribution is 5.61. The molecule has 6 heteroatoms. The van der Waals surface area contributed by atoms with Crippen LogP contribution in [0.3, 0.4) is 0 Å². The predicted molar refractivity (Wildman–Crippen MR) is 60.6 cm³/mol. The molecule has 1 N–H and O–H groups in total. The molecule has 1 unspecified atom stereocenters. The molecule has 0 bridgehead atoms. The van der Waals surface area contributed by atoms with Crippen LogP contribution in [0.25, 0.3) is 0 Å². The molecule has 88 valence electrons. The van der Waals surface area contributed by atoms with Crippen LogP contribution in [0.2, 0.25) is 0 Å². The number of aromatic nitrogens is 1. The van der Waals surface area contributed by atoms with E-state index < -0.39 is 4.92 Å². The second-order valence-electron chi connectivity index (χ2n) is 3.70. The van der Waals surface area contributed by atoms with E-state index >= 15 is 0 Å². The van der Waals surface area contributed by atoms with Crippen LogP contribution in [0.5, 0.6) is 0 Å². The average Bonchev–Trinajstić information content (AvgIpc) is 2.26. The molecule has 0 aliphatic heterocycles. The van der Waals surface area contributed by atoms with E-state index in [0.29, 0.717) is 5.56 Å². The lowest BCUT2D eigenvalue weighted by Gasteiger charge is -2.24. The third-order valence-electron chi connectivity index (χ3n) is 2.55. The van der Waals surface area contributed by atoms with Crippen molar-refractivity contribution < 1.29 is 10.0 Å². The van der Waals surface area contributed by atoms with Crippen molar-refractivity contribution in [2.24, 2.45) is 0 Å². The molecule has 1 aromatic heterocycles. The van der Waals surface area contributed by atoms with Crippen molar-refractivity contribution in [3.05, 3.63) is 27.9 Å². The summed E-state index contributed by atoms with van der Waals surface area (Å²) in [7, 11) is 1.68. The number of hydrogen-bond donors (Lipinski definition) is 1. The second-order valence-corrected chi connectivity index (χ2v) is 3.70. The number of nitro groups is 1. The van der Waals surface area contributed by atoms with Crippen LogP contribution in [0, 0.1) is 17.0 Å². The van der Waals surface area contributed by atoms with E-state index in [2.05, 4.69) is 4.98 Å². The number of rotatable bonds is 4. The van der Waals surface area contributed by atoms with E-state index in [1.54, 1.807) is 31.9 Å². The zero-order chi connectivity index (χ0) is 12.3. The highest BCUT2D eigenvalue weighted by atomic mass is 16.6. The van der Waals surface area contributed by atoms with Gasteiger partial charge in [-0.25, -0.2) is 4.98 Å². The van der Waals surface area contributed by atoms with Gasteiger partial charge in [-0.15, -0.1) is 0 Å². The zero-order valence-electron chi connectivity index (χ0n) is 9.54. The van der Waals surface area contributed by atoms with Gasteiger partial charge in [-0.05, 0) is 19.9 Å². The maximum absolute atomic E-state index is 10.9. The molecule has 0 aromatic carbocycles. The summed E-state index contributed by atoms with van der Waals surface area (Å²) < 4.78 is 0. The van der Waals surface area contributed by atoms with Gasteiger partial charge < -0.3 is 10.0 Å². The fraction of sp³-hybridized carbons (Fsp3) is 0.500. The molecule has 0 saturated carbocycles. The molecule has 1 rings (SSSR count). The Hall–Kier alpha value is -1.69. The van der Waals surface area contributed by atoms with E-state index in [-0.39, 0.29) is 24.2 Å². The number of aliphatic hydroxyl groups is 1. The van der Waals surface area contributed by atoms with Crippen molar-refractivity contribution in [1.82, 2.24) is 4.98 Å². The summed E-state index contributed by atoms with van der Waals surface area (Å²) in [5, 5.41) is 20.0. The molecule has 16 heavy (non-hydrogen) atoms. The monoisotopic (exact) mass is 225 g/mol. The lowest BCUT2D eigenvalue weighted by Crippen LogP contribution is -2.33. The molecule has 0 aliphatic rings. The van der Waals surface area contributed by atoms with Crippen LogP contribution in [0.15, 0.2) is 12.3 Å². The average molecular weight is 225 g/mol. The van der Waals surface area contributed by atoms with Crippen LogP contribution in [-0.2, 0) is 0 Å². The zero-order valence-corrected chi connectivity index (χ0v) is 9.54. The van der Waals surface area contributed by atoms with Crippen LogP contribution in [0.1, 0.15) is 12.5 Å². The smallest absolute Gasteiger partial charge is 0.314 e. The molecule has 0 saturated heterocycles. The van der Waals surface area contributed by atoms with Crippen LogP contribution in [-0.4, -0.2) is 34.7 Å². The number of hydrogen-bond acceptors (Lipinski definition) is 5. The third kappa shape index (κ3) is 2.27. The Morgan fingerprint density at radius 3 is 2.81 bits per heavy atom. The molecule has 0 aliphatic carbocycles. The third-order valence-corrected chi connectivity index (χ3v) is 2.55. The SMILES string of the molecule is Cc1ccnc(N(C)C(C)CO)c1[N+](=O)[O-]. The molecule has 1 aromatic rings. The fourth-order valence-corrected chi connectivity index (χ4v) is 1.35. The molecule has 0 radical (unpaired) electrons. The largest absolute Gasteiger partial charge is 0.394 e. The standard InChI is InChI=1S/C10H15N3O3/c1-7-4-5-11-10(9(7)13(15)16)12(3)8(2)6-14/h4-5,8,14H,6H2,1-3H3. The van der Waals surface area contributed by atoms with Crippen molar-refractivity contribution in [2.75, 3.05) is 18.6 Å². The van der Waals surface area contributed by atoms with Gasteiger partial charge in [0.15, 0.2) is 0 Å². The summed E-state index contributed by atoms with van der Waals surface area (Å²) in [5.41, 5.74) is 0.553. The summed E-state index contributed by atoms with van der Waals surface area (Å²) in [6, 6.07) is 1.38. The number of pyridine rings is 1. The molecular weight excluding hydrogens is 210 g/mol. The van der Waals surface area contributed by atoms with Gasteiger partial charge in [0, 0.05) is 18.8 Å². The van der Waals surface area contributed by atoms with Gasteiger partial charge in [-0.2, -0.15) is 0 Å². The second kappa shape index (κ2) is 4.89. The molecular formula is C10H15N3O3. The highest BCUT2D eigenvalue weighted by Crippen LogP contribution is 2.28. The number of nitrogens with zero attached hydrogens (tertiary/aromatic N) is 3. The summed E-state index contributed by atoms with van der Waals surface area (Å²) in [5.74, 6) is 0.284. The van der Waals surface area contributed by atoms with Gasteiger partial charge in [0.25, 0.3) is 0 Å². The van der Waals surface area contributed by atoms with Crippen LogP contribution < -0.4 is 4.90 Å². The van der Waals surface area contributed by atoms with Gasteiger partial charge in [0.1, 0.15) is 0 Å². The van der Waals surface area contributed by atoms with Gasteiger partial charge >= 0.3 is 5.69 Å². The molecule has 0 spiro atoms. The maximum atomic E-state index is 10.9. The Morgan fingerprint density at radius 2 is 2.31 bits per heavy atom. The quantitative estimate of drug-likeness (QED) is 0.613. The highest BCUT2D eigenvalue weighted by Gasteiger charge is 2.23. The first-order chi connectivity index (χ1) is 7.49. The predicted octanol–water partition coefficient (Wildman–Crippen LogP) is 1.12. The number of anilines is 1. The number of aryl methyl sites for hydroxylation is 1. The first-order valence-corrected chi connectivity index (χ1v) is 4.92. The first-order valence-electron chi connectivity index (χ1n) is 4.92. The Kier molecular flexibility index (Phi) is 3.78. The number of aliphatic hydroxyl groups excluding tert-OH is 1. The fourth-order valence-electron chi connectivity index (χ4n) is 1.35. The van der Waals surface area contributed by atoms with Gasteiger partial charge in [-0.1, -0.05) is 0 Å². The van der Waals surface area contributed by atoms with E-state index in [9.17, 15) is 10.1 Å². The molecule has 6 nitrogen and oxygen atoms in total. The Morgan fingerprint density at radius 1 is 1.69 bits per heavy atom. The minimum absolute atomic E-state index is 0.00898. The van der Waals surface area contributed by atoms with E-state index in [1.165, 1.54) is 6.20 Å². The van der Waals surface area contributed by atoms with Gasteiger partial charge in [-0.3, -0.25) is 10.1 Å². The van der Waals surface area contributed by atoms with Crippen molar-refractivity contribution >= 4 is 11.5 Å². The van der Waals surface area contributed by atoms with Gasteiger partial charge in [0.05, 0.1) is 17.6 Å². The maximum Gasteiger partial charge on any atom is 0.314 e. The number of likely N-dealkylation sites (N-methyl/N-ethyl adjacent to an activating group) is 1. The van der Waals surface area contributed by atoms with Crippen molar-refractivity contribution in [3.8, 4) is 0 Å². The van der Waals surface area contributed by atoms with Crippen molar-refractivity contribution in [1.29, 1.82) is 0 Å². The summed E-state index contributed by atoms with van der Waals surface area (Å²) in [4.78, 5) is 16.1. The molecule has 1 atom stereocenters. The van der Waals surface area contributed by atoms with Crippen LogP contribution in [0.4, 0.5) is 11.5 Å². The lowest BCUT2D eigenvalue weighted by atomic mass is 10.2. The minimum Gasteiger partial charge on any atom is -0.394 e. The van der Waals surface area contributed by atoms with Crippen LogP contribution >= 0.6 is 0 Å². The van der Waals surface area contributed by atoms with E-state index in [0.717, 1.165) is 0 Å². The topological polar surface area (TPSA) is 79.5 Å².